The van der Waals surface area contributed by atoms with Crippen LogP contribution < -0.4 is 15.4 Å². The van der Waals surface area contributed by atoms with Crippen LogP contribution in [0.25, 0.3) is 0 Å². The molecule has 2 aliphatic carbocycles. The second-order valence-electron chi connectivity index (χ2n) is 9.47. The fraction of sp³-hybridized carbons (Fsp3) is 0.680. The normalized spacial score (nSPS) is 21.5. The fourth-order valence-corrected chi connectivity index (χ4v) is 5.13. The minimum atomic E-state index is 0.0521. The van der Waals surface area contributed by atoms with Crippen molar-refractivity contribution in [3.05, 3.63) is 29.8 Å². The van der Waals surface area contributed by atoms with Crippen LogP contribution >= 0.6 is 0 Å². The first-order valence-corrected chi connectivity index (χ1v) is 12.1. The monoisotopic (exact) mass is 427 g/mol. The molecule has 3 aliphatic rings. The number of amides is 2. The lowest BCUT2D eigenvalue weighted by Crippen LogP contribution is -2.49. The third kappa shape index (κ3) is 6.00. The fourth-order valence-electron chi connectivity index (χ4n) is 5.13. The SMILES string of the molecule is COc1ccc(C(NCC(=O)NC2CCN(C(=O)C3CCCCC3)CC2)C2CC2)cc1. The van der Waals surface area contributed by atoms with Crippen LogP contribution in [0.1, 0.15) is 69.4 Å². The van der Waals surface area contributed by atoms with Crippen molar-refractivity contribution in [2.45, 2.75) is 69.9 Å². The van der Waals surface area contributed by atoms with Crippen LogP contribution in [0.4, 0.5) is 0 Å². The maximum absolute atomic E-state index is 12.7. The molecule has 6 nitrogen and oxygen atoms in total. The molecule has 2 N–H and O–H groups in total. The summed E-state index contributed by atoms with van der Waals surface area (Å²) in [6.07, 6.45) is 9.88. The quantitative estimate of drug-likeness (QED) is 0.667. The number of likely N-dealkylation sites (tertiary alicyclic amines) is 1. The molecule has 2 amide bonds. The highest BCUT2D eigenvalue weighted by Gasteiger charge is 2.33. The Labute approximate surface area is 186 Å². The third-order valence-corrected chi connectivity index (χ3v) is 7.18. The molecule has 4 rings (SSSR count). The Morgan fingerprint density at radius 1 is 1.00 bits per heavy atom. The number of methoxy groups -OCH3 is 1. The van der Waals surface area contributed by atoms with Crippen molar-refractivity contribution in [1.29, 1.82) is 0 Å². The van der Waals surface area contributed by atoms with Gasteiger partial charge in [-0.15, -0.1) is 0 Å². The summed E-state index contributed by atoms with van der Waals surface area (Å²) in [6, 6.07) is 8.53. The van der Waals surface area contributed by atoms with Gasteiger partial charge in [-0.05, 0) is 62.1 Å². The van der Waals surface area contributed by atoms with E-state index in [9.17, 15) is 9.59 Å². The number of rotatable bonds is 8. The highest BCUT2D eigenvalue weighted by molar-refractivity contribution is 5.79. The van der Waals surface area contributed by atoms with Crippen LogP contribution in [0.3, 0.4) is 0 Å². The number of hydrogen-bond acceptors (Lipinski definition) is 4. The summed E-state index contributed by atoms with van der Waals surface area (Å²) in [5.41, 5.74) is 1.21. The Morgan fingerprint density at radius 3 is 2.29 bits per heavy atom. The highest BCUT2D eigenvalue weighted by atomic mass is 16.5. The average Bonchev–Trinajstić information content (AvgIpc) is 3.65. The summed E-state index contributed by atoms with van der Waals surface area (Å²) < 4.78 is 5.26. The van der Waals surface area contributed by atoms with E-state index < -0.39 is 0 Å². The zero-order chi connectivity index (χ0) is 21.6. The Bertz CT molecular complexity index is 733. The van der Waals surface area contributed by atoms with Gasteiger partial charge < -0.3 is 20.3 Å². The molecule has 3 fully saturated rings. The number of hydrogen-bond donors (Lipinski definition) is 2. The number of carbonyl (C=O) groups excluding carboxylic acids is 2. The van der Waals surface area contributed by atoms with Crippen molar-refractivity contribution in [3.63, 3.8) is 0 Å². The van der Waals surface area contributed by atoms with E-state index >= 15 is 0 Å². The highest BCUT2D eigenvalue weighted by Crippen LogP contribution is 2.41. The van der Waals surface area contributed by atoms with Gasteiger partial charge in [0, 0.05) is 31.1 Å². The maximum atomic E-state index is 12.7. The minimum absolute atomic E-state index is 0.0521. The van der Waals surface area contributed by atoms with Crippen molar-refractivity contribution >= 4 is 11.8 Å². The van der Waals surface area contributed by atoms with Crippen molar-refractivity contribution in [2.24, 2.45) is 11.8 Å². The predicted molar refractivity (Wildman–Crippen MR) is 121 cm³/mol. The summed E-state index contributed by atoms with van der Waals surface area (Å²) in [6.45, 7) is 1.86. The van der Waals surface area contributed by atoms with Crippen molar-refractivity contribution in [2.75, 3.05) is 26.7 Å². The zero-order valence-corrected chi connectivity index (χ0v) is 18.8. The molecule has 0 aromatic heterocycles. The average molecular weight is 428 g/mol. The van der Waals surface area contributed by atoms with Gasteiger partial charge in [-0.1, -0.05) is 31.4 Å². The number of nitrogens with one attached hydrogen (secondary N) is 2. The Kier molecular flexibility index (Phi) is 7.49. The summed E-state index contributed by atoms with van der Waals surface area (Å²) in [5, 5.41) is 6.66. The van der Waals surface area contributed by atoms with E-state index in [-0.39, 0.29) is 23.9 Å². The lowest BCUT2D eigenvalue weighted by Gasteiger charge is -2.35. The van der Waals surface area contributed by atoms with Crippen LogP contribution in [0, 0.1) is 11.8 Å². The summed E-state index contributed by atoms with van der Waals surface area (Å²) in [7, 11) is 1.67. The van der Waals surface area contributed by atoms with Gasteiger partial charge in [0.2, 0.25) is 11.8 Å². The first-order valence-electron chi connectivity index (χ1n) is 12.1. The van der Waals surface area contributed by atoms with Crippen LogP contribution in [0.5, 0.6) is 5.75 Å². The lowest BCUT2D eigenvalue weighted by molar-refractivity contribution is -0.137. The first-order chi connectivity index (χ1) is 15.1. The molecule has 31 heavy (non-hydrogen) atoms. The van der Waals surface area contributed by atoms with Crippen LogP contribution in [-0.2, 0) is 9.59 Å². The number of benzene rings is 1. The number of carbonyl (C=O) groups is 2. The van der Waals surface area contributed by atoms with Crippen LogP contribution in [0.2, 0.25) is 0 Å². The molecule has 6 heteroatoms. The van der Waals surface area contributed by atoms with Crippen LogP contribution in [0.15, 0.2) is 24.3 Å². The molecule has 2 saturated carbocycles. The van der Waals surface area contributed by atoms with Crippen molar-refractivity contribution < 1.29 is 14.3 Å². The van der Waals surface area contributed by atoms with E-state index in [1.807, 2.05) is 17.0 Å². The molecule has 1 aromatic carbocycles. The summed E-state index contributed by atoms with van der Waals surface area (Å²) >= 11 is 0. The maximum Gasteiger partial charge on any atom is 0.234 e. The van der Waals surface area contributed by atoms with Crippen molar-refractivity contribution in [3.8, 4) is 5.75 Å². The van der Waals surface area contributed by atoms with E-state index in [4.69, 9.17) is 4.74 Å². The molecule has 1 saturated heterocycles. The van der Waals surface area contributed by atoms with Gasteiger partial charge in [0.1, 0.15) is 5.75 Å². The van der Waals surface area contributed by atoms with Gasteiger partial charge in [0.05, 0.1) is 13.7 Å². The second-order valence-corrected chi connectivity index (χ2v) is 9.47. The molecule has 1 heterocycles. The number of ether oxygens (including phenoxy) is 1. The Hall–Kier alpha value is -2.08. The van der Waals surface area contributed by atoms with Crippen LogP contribution in [-0.4, -0.2) is 49.5 Å². The van der Waals surface area contributed by atoms with E-state index in [0.29, 0.717) is 18.4 Å². The van der Waals surface area contributed by atoms with Crippen molar-refractivity contribution in [1.82, 2.24) is 15.5 Å². The predicted octanol–water partition coefficient (Wildman–Crippen LogP) is 3.42. The minimum Gasteiger partial charge on any atom is -0.497 e. The Morgan fingerprint density at radius 2 is 1.68 bits per heavy atom. The smallest absolute Gasteiger partial charge is 0.234 e. The van der Waals surface area contributed by atoms with E-state index in [1.165, 1.54) is 37.7 Å². The van der Waals surface area contributed by atoms with Gasteiger partial charge in [-0.2, -0.15) is 0 Å². The largest absolute Gasteiger partial charge is 0.497 e. The first kappa shape index (κ1) is 22.1. The molecule has 1 unspecified atom stereocenters. The van der Waals surface area contributed by atoms with E-state index in [0.717, 1.165) is 44.5 Å². The lowest BCUT2D eigenvalue weighted by atomic mass is 9.87. The van der Waals surface area contributed by atoms with Gasteiger partial charge in [-0.25, -0.2) is 0 Å². The van der Waals surface area contributed by atoms with E-state index in [1.54, 1.807) is 7.11 Å². The number of nitrogens with zero attached hydrogens (tertiary/aromatic N) is 1. The second kappa shape index (κ2) is 10.5. The third-order valence-electron chi connectivity index (χ3n) is 7.18. The molecular formula is C25H37N3O3. The molecule has 0 radical (unpaired) electrons. The number of piperidine rings is 1. The molecule has 0 spiro atoms. The molecule has 170 valence electrons. The summed E-state index contributed by atoms with van der Waals surface area (Å²) in [5.74, 6) is 2.09. The van der Waals surface area contributed by atoms with Gasteiger partial charge >= 0.3 is 0 Å². The molecule has 0 bridgehead atoms. The molecule has 1 aliphatic heterocycles. The molecule has 1 atom stereocenters. The topological polar surface area (TPSA) is 70.7 Å². The zero-order valence-electron chi connectivity index (χ0n) is 18.8. The van der Waals surface area contributed by atoms with Gasteiger partial charge in [0.15, 0.2) is 0 Å². The molecule has 1 aromatic rings. The van der Waals surface area contributed by atoms with Gasteiger partial charge in [0.25, 0.3) is 0 Å². The van der Waals surface area contributed by atoms with E-state index in [2.05, 4.69) is 22.8 Å². The Balaban J connectivity index is 1.20. The summed E-state index contributed by atoms with van der Waals surface area (Å²) in [4.78, 5) is 27.3. The molecular weight excluding hydrogens is 390 g/mol. The van der Waals surface area contributed by atoms with Gasteiger partial charge in [-0.3, -0.25) is 9.59 Å². The standard InChI is InChI=1S/C25H37N3O3/c1-31-22-11-9-19(10-12-22)24(18-7-8-18)26-17-23(29)27-21-13-15-28(16-14-21)25(30)20-5-3-2-4-6-20/h9-12,18,20-21,24,26H,2-8,13-17H2,1H3,(H,27,29).